The van der Waals surface area contributed by atoms with Gasteiger partial charge in [-0.25, -0.2) is 17.5 Å². The molecule has 0 bridgehead atoms. The number of nitro benzene ring substituents is 1. The number of hydrogen-bond acceptors (Lipinski definition) is 8. The minimum Gasteiger partial charge on any atom is -0.488 e. The molecule has 2 amide bonds. The number of nitro groups is 1. The lowest BCUT2D eigenvalue weighted by atomic mass is 9.98. The molecule has 178 valence electrons. The Morgan fingerprint density at radius 1 is 1.22 bits per heavy atom. The molecule has 12 heteroatoms. The number of benzene rings is 1. The monoisotopic (exact) mass is 471 g/mol. The van der Waals surface area contributed by atoms with Crippen LogP contribution in [0.25, 0.3) is 0 Å². The molecule has 1 N–H and O–H groups in total. The average molecular weight is 472 g/mol. The van der Waals surface area contributed by atoms with Crippen molar-refractivity contribution in [2.75, 3.05) is 17.1 Å². The molecule has 0 radical (unpaired) electrons. The zero-order valence-corrected chi connectivity index (χ0v) is 19.4. The third-order valence-corrected chi connectivity index (χ3v) is 5.62. The summed E-state index contributed by atoms with van der Waals surface area (Å²) in [7, 11) is -4.15. The van der Waals surface area contributed by atoms with E-state index in [2.05, 4.69) is 5.32 Å². The molecule has 0 spiro atoms. The third kappa shape index (κ3) is 7.36. The zero-order valence-electron chi connectivity index (χ0n) is 18.6. The van der Waals surface area contributed by atoms with Crippen molar-refractivity contribution < 1.29 is 32.4 Å². The molecule has 0 saturated heterocycles. The normalized spacial score (nSPS) is 15.0. The number of non-ortho nitro benzene ring substituents is 1. The van der Waals surface area contributed by atoms with Gasteiger partial charge in [0.25, 0.3) is 11.6 Å². The van der Waals surface area contributed by atoms with Crippen LogP contribution < -0.4 is 14.4 Å². The second-order valence-corrected chi connectivity index (χ2v) is 10.4. The molecular weight excluding hydrogens is 442 g/mol. The first kappa shape index (κ1) is 25.4. The molecule has 1 aromatic carbocycles. The van der Waals surface area contributed by atoms with Gasteiger partial charge in [-0.05, 0) is 52.5 Å². The summed E-state index contributed by atoms with van der Waals surface area (Å²) < 4.78 is 36.4. The van der Waals surface area contributed by atoms with Crippen LogP contribution in [0.5, 0.6) is 5.75 Å². The number of anilines is 1. The molecule has 1 aliphatic rings. The van der Waals surface area contributed by atoms with Gasteiger partial charge in [-0.2, -0.15) is 0 Å². The van der Waals surface area contributed by atoms with Crippen LogP contribution in [0, 0.1) is 10.1 Å². The number of ether oxygens (including phenoxy) is 2. The van der Waals surface area contributed by atoms with Gasteiger partial charge in [0.2, 0.25) is 10.0 Å². The van der Waals surface area contributed by atoms with Crippen molar-refractivity contribution in [3.05, 3.63) is 28.3 Å². The Morgan fingerprint density at radius 2 is 1.84 bits per heavy atom. The minimum atomic E-state index is -4.15. The summed E-state index contributed by atoms with van der Waals surface area (Å²) >= 11 is 0. The SMILES string of the molecule is CC(C)(C)OC(=O)NCC(=O)N(c1ccc([N+](=O)[O-])cc1OC1CCCCC1)S(C)(=O)=O. The number of rotatable bonds is 7. The van der Waals surface area contributed by atoms with Gasteiger partial charge in [-0.3, -0.25) is 14.9 Å². The standard InChI is InChI=1S/C20H29N3O8S/c1-20(2,3)31-19(25)21-13-18(24)22(32(4,28)29)16-11-10-14(23(26)27)12-17(16)30-15-8-6-5-7-9-15/h10-12,15H,5-9,13H2,1-4H3,(H,21,25). The van der Waals surface area contributed by atoms with Crippen LogP contribution in [0.4, 0.5) is 16.2 Å². The van der Waals surface area contributed by atoms with Crippen LogP contribution in [0.3, 0.4) is 0 Å². The highest BCUT2D eigenvalue weighted by molar-refractivity contribution is 7.92. The molecule has 2 rings (SSSR count). The highest BCUT2D eigenvalue weighted by atomic mass is 32.2. The lowest BCUT2D eigenvalue weighted by Crippen LogP contribution is -2.44. The third-order valence-electron chi connectivity index (χ3n) is 4.56. The van der Waals surface area contributed by atoms with E-state index in [1.165, 1.54) is 0 Å². The number of alkyl carbamates (subject to hydrolysis) is 1. The molecule has 0 aliphatic heterocycles. The number of sulfonamides is 1. The molecule has 0 heterocycles. The van der Waals surface area contributed by atoms with Gasteiger partial charge >= 0.3 is 6.09 Å². The van der Waals surface area contributed by atoms with E-state index in [0.717, 1.165) is 56.6 Å². The summed E-state index contributed by atoms with van der Waals surface area (Å²) in [6.45, 7) is 4.26. The summed E-state index contributed by atoms with van der Waals surface area (Å²) in [6, 6.07) is 3.36. The van der Waals surface area contributed by atoms with E-state index >= 15 is 0 Å². The average Bonchev–Trinajstić information content (AvgIpc) is 2.66. The molecular formula is C20H29N3O8S. The topological polar surface area (TPSA) is 145 Å². The second kappa shape index (κ2) is 10.2. The van der Waals surface area contributed by atoms with Gasteiger partial charge in [-0.1, -0.05) is 6.42 Å². The Labute approximate surface area is 187 Å². The summed E-state index contributed by atoms with van der Waals surface area (Å²) in [5.74, 6) is -1.05. The van der Waals surface area contributed by atoms with Crippen LogP contribution in [0.2, 0.25) is 0 Å². The molecule has 0 atom stereocenters. The zero-order chi connectivity index (χ0) is 24.1. The smallest absolute Gasteiger partial charge is 0.408 e. The molecule has 1 fully saturated rings. The quantitative estimate of drug-likeness (QED) is 0.471. The van der Waals surface area contributed by atoms with Crippen molar-refractivity contribution in [1.29, 1.82) is 0 Å². The van der Waals surface area contributed by atoms with Crippen molar-refractivity contribution in [2.45, 2.75) is 64.6 Å². The first-order chi connectivity index (χ1) is 14.8. The molecule has 1 aromatic rings. The summed E-state index contributed by atoms with van der Waals surface area (Å²) in [4.78, 5) is 35.3. The van der Waals surface area contributed by atoms with Crippen LogP contribution in [0.15, 0.2) is 18.2 Å². The number of nitrogens with one attached hydrogen (secondary N) is 1. The van der Waals surface area contributed by atoms with Gasteiger partial charge < -0.3 is 14.8 Å². The van der Waals surface area contributed by atoms with Crippen LogP contribution in [-0.2, 0) is 19.6 Å². The first-order valence-electron chi connectivity index (χ1n) is 10.2. The highest BCUT2D eigenvalue weighted by Gasteiger charge is 2.31. The summed E-state index contributed by atoms with van der Waals surface area (Å²) in [5, 5.41) is 13.5. The van der Waals surface area contributed by atoms with Crippen molar-refractivity contribution in [3.63, 3.8) is 0 Å². The maximum Gasteiger partial charge on any atom is 0.408 e. The van der Waals surface area contributed by atoms with Gasteiger partial charge in [0.05, 0.1) is 23.3 Å². The van der Waals surface area contributed by atoms with Crippen LogP contribution >= 0.6 is 0 Å². The van der Waals surface area contributed by atoms with Crippen molar-refractivity contribution in [3.8, 4) is 5.75 Å². The van der Waals surface area contributed by atoms with E-state index in [1.54, 1.807) is 20.8 Å². The van der Waals surface area contributed by atoms with E-state index in [1.807, 2.05) is 0 Å². The molecule has 1 aliphatic carbocycles. The second-order valence-electron chi connectivity index (χ2n) is 8.56. The number of amides is 2. The van der Waals surface area contributed by atoms with Gasteiger partial charge in [-0.15, -0.1) is 0 Å². The maximum absolute atomic E-state index is 12.8. The molecule has 11 nitrogen and oxygen atoms in total. The Hall–Kier alpha value is -2.89. The Balaban J connectivity index is 2.35. The molecule has 32 heavy (non-hydrogen) atoms. The van der Waals surface area contributed by atoms with Crippen molar-refractivity contribution in [2.24, 2.45) is 0 Å². The Morgan fingerprint density at radius 3 is 2.38 bits per heavy atom. The fraction of sp³-hybridized carbons (Fsp3) is 0.600. The lowest BCUT2D eigenvalue weighted by molar-refractivity contribution is -0.384. The van der Waals surface area contributed by atoms with Crippen LogP contribution in [-0.4, -0.2) is 49.8 Å². The summed E-state index contributed by atoms with van der Waals surface area (Å²) in [5.41, 5.74) is -1.25. The fourth-order valence-electron chi connectivity index (χ4n) is 3.27. The molecule has 0 aromatic heterocycles. The highest BCUT2D eigenvalue weighted by Crippen LogP contribution is 2.36. The van der Waals surface area contributed by atoms with E-state index in [-0.39, 0.29) is 23.2 Å². The minimum absolute atomic E-state index is 0.0813. The Kier molecular flexibility index (Phi) is 8.05. The number of hydrogen-bond donors (Lipinski definition) is 1. The summed E-state index contributed by atoms with van der Waals surface area (Å²) in [6.07, 6.45) is 4.01. The van der Waals surface area contributed by atoms with E-state index in [9.17, 15) is 28.1 Å². The number of carbonyl (C=O) groups excluding carboxylic acids is 2. The van der Waals surface area contributed by atoms with E-state index < -0.39 is 39.1 Å². The predicted octanol–water partition coefficient (Wildman–Crippen LogP) is 3.12. The lowest BCUT2D eigenvalue weighted by Gasteiger charge is -2.27. The largest absolute Gasteiger partial charge is 0.488 e. The van der Waals surface area contributed by atoms with Gasteiger partial charge in [0.1, 0.15) is 17.8 Å². The fourth-order valence-corrected chi connectivity index (χ4v) is 4.22. The number of carbonyl (C=O) groups is 2. The number of nitrogens with zero attached hydrogens (tertiary/aromatic N) is 2. The predicted molar refractivity (Wildman–Crippen MR) is 117 cm³/mol. The first-order valence-corrected chi connectivity index (χ1v) is 12.1. The van der Waals surface area contributed by atoms with Gasteiger partial charge in [0.15, 0.2) is 5.75 Å². The maximum atomic E-state index is 12.8. The molecule has 0 unspecified atom stereocenters. The van der Waals surface area contributed by atoms with Gasteiger partial charge in [0, 0.05) is 6.07 Å². The van der Waals surface area contributed by atoms with Crippen molar-refractivity contribution in [1.82, 2.24) is 5.32 Å². The van der Waals surface area contributed by atoms with Crippen LogP contribution in [0.1, 0.15) is 52.9 Å². The Bertz CT molecular complexity index is 966. The van der Waals surface area contributed by atoms with E-state index in [0.29, 0.717) is 4.31 Å². The van der Waals surface area contributed by atoms with E-state index in [4.69, 9.17) is 9.47 Å². The molecule has 1 saturated carbocycles. The van der Waals surface area contributed by atoms with Crippen molar-refractivity contribution >= 4 is 33.4 Å².